The van der Waals surface area contributed by atoms with E-state index >= 15 is 0 Å². The molecule has 3 rings (SSSR count). The minimum absolute atomic E-state index is 0.127. The third-order valence-electron chi connectivity index (χ3n) is 5.16. The summed E-state index contributed by atoms with van der Waals surface area (Å²) in [6, 6.07) is 25.4. The van der Waals surface area contributed by atoms with Crippen LogP contribution in [0.1, 0.15) is 42.9 Å². The fraction of sp³-hybridized carbons (Fsp3) is 0.308. The molecule has 0 aliphatic heterocycles. The van der Waals surface area contributed by atoms with Crippen molar-refractivity contribution < 1.29 is 13.2 Å². The molecule has 0 aliphatic rings. The van der Waals surface area contributed by atoms with Crippen LogP contribution in [0.15, 0.2) is 83.8 Å². The zero-order valence-corrected chi connectivity index (χ0v) is 19.2. The van der Waals surface area contributed by atoms with Crippen LogP contribution in [-0.2, 0) is 16.4 Å². The predicted molar refractivity (Wildman–Crippen MR) is 126 cm³/mol. The minimum atomic E-state index is -3.52. The van der Waals surface area contributed by atoms with Crippen molar-refractivity contribution in [2.75, 3.05) is 6.54 Å². The Hall–Kier alpha value is -2.63. The van der Waals surface area contributed by atoms with Crippen LogP contribution in [0, 0.1) is 6.92 Å². The number of hydrogen-bond donors (Lipinski definition) is 1. The number of aryl methyl sites for hydroxylation is 1. The van der Waals surface area contributed by atoms with E-state index in [1.54, 1.807) is 12.1 Å². The van der Waals surface area contributed by atoms with Crippen LogP contribution >= 0.6 is 0 Å². The van der Waals surface area contributed by atoms with E-state index in [1.165, 1.54) is 11.1 Å². The van der Waals surface area contributed by atoms with Crippen molar-refractivity contribution >= 4 is 10.0 Å². The van der Waals surface area contributed by atoms with Gasteiger partial charge in [0.25, 0.3) is 0 Å². The van der Waals surface area contributed by atoms with Gasteiger partial charge in [-0.3, -0.25) is 0 Å². The molecule has 1 N–H and O–H groups in total. The maximum Gasteiger partial charge on any atom is 0.240 e. The molecule has 3 aromatic rings. The van der Waals surface area contributed by atoms with E-state index in [-0.39, 0.29) is 12.0 Å². The highest BCUT2D eigenvalue weighted by Gasteiger charge is 2.17. The zero-order chi connectivity index (χ0) is 22.3. The molecule has 5 heteroatoms. The van der Waals surface area contributed by atoms with E-state index in [2.05, 4.69) is 29.0 Å². The average Bonchev–Trinajstić information content (AvgIpc) is 2.74. The van der Waals surface area contributed by atoms with E-state index in [0.29, 0.717) is 17.9 Å². The van der Waals surface area contributed by atoms with E-state index in [0.717, 1.165) is 17.7 Å². The van der Waals surface area contributed by atoms with Crippen molar-refractivity contribution in [2.45, 2.75) is 50.5 Å². The molecule has 0 heterocycles. The van der Waals surface area contributed by atoms with Gasteiger partial charge in [0, 0.05) is 6.54 Å². The number of hydrogen-bond acceptors (Lipinski definition) is 3. The van der Waals surface area contributed by atoms with Crippen molar-refractivity contribution in [1.29, 1.82) is 0 Å². The van der Waals surface area contributed by atoms with Crippen molar-refractivity contribution in [3.05, 3.63) is 95.6 Å². The SMILES string of the molecule is Cc1ccc(S(=O)(=O)NCC[C@H](Cc2ccccc2)c2ccc(OC(C)C)cc2)cc1. The summed E-state index contributed by atoms with van der Waals surface area (Å²) < 4.78 is 33.8. The number of nitrogens with one attached hydrogen (secondary N) is 1. The van der Waals surface area contributed by atoms with Crippen LogP contribution < -0.4 is 9.46 Å². The maximum atomic E-state index is 12.6. The van der Waals surface area contributed by atoms with Crippen LogP contribution in [0.25, 0.3) is 0 Å². The van der Waals surface area contributed by atoms with E-state index < -0.39 is 10.0 Å². The van der Waals surface area contributed by atoms with Crippen LogP contribution in [0.3, 0.4) is 0 Å². The number of rotatable bonds is 10. The fourth-order valence-electron chi connectivity index (χ4n) is 3.54. The molecule has 0 aromatic heterocycles. The van der Waals surface area contributed by atoms with Gasteiger partial charge in [0.1, 0.15) is 5.75 Å². The second-order valence-electron chi connectivity index (χ2n) is 8.12. The second kappa shape index (κ2) is 10.6. The molecule has 4 nitrogen and oxygen atoms in total. The molecular formula is C26H31NO3S. The van der Waals surface area contributed by atoms with Gasteiger partial charge in [0.15, 0.2) is 0 Å². The van der Waals surface area contributed by atoms with Gasteiger partial charge in [0.2, 0.25) is 10.0 Å². The first kappa shape index (κ1) is 23.0. The number of sulfonamides is 1. The van der Waals surface area contributed by atoms with Crippen molar-refractivity contribution in [3.63, 3.8) is 0 Å². The predicted octanol–water partition coefficient (Wildman–Crippen LogP) is 5.48. The first-order valence-electron chi connectivity index (χ1n) is 10.7. The summed E-state index contributed by atoms with van der Waals surface area (Å²) in [5.41, 5.74) is 3.44. The van der Waals surface area contributed by atoms with E-state index in [9.17, 15) is 8.42 Å². The first-order chi connectivity index (χ1) is 14.8. The Morgan fingerprint density at radius 1 is 0.871 bits per heavy atom. The van der Waals surface area contributed by atoms with Crippen molar-refractivity contribution in [1.82, 2.24) is 4.72 Å². The van der Waals surface area contributed by atoms with Gasteiger partial charge in [-0.1, -0.05) is 60.2 Å². The molecule has 0 radical (unpaired) electrons. The van der Waals surface area contributed by atoms with Crippen LogP contribution in [0.5, 0.6) is 5.75 Å². The molecule has 0 saturated carbocycles. The lowest BCUT2D eigenvalue weighted by Crippen LogP contribution is -2.26. The maximum absolute atomic E-state index is 12.6. The van der Waals surface area contributed by atoms with Crippen molar-refractivity contribution in [3.8, 4) is 5.75 Å². The Morgan fingerprint density at radius 2 is 1.52 bits per heavy atom. The second-order valence-corrected chi connectivity index (χ2v) is 9.89. The first-order valence-corrected chi connectivity index (χ1v) is 12.2. The molecule has 0 spiro atoms. The monoisotopic (exact) mass is 437 g/mol. The Kier molecular flexibility index (Phi) is 7.88. The Labute approximate surface area is 186 Å². The summed E-state index contributed by atoms with van der Waals surface area (Å²) in [7, 11) is -3.52. The summed E-state index contributed by atoms with van der Waals surface area (Å²) in [5.74, 6) is 1.04. The topological polar surface area (TPSA) is 55.4 Å². The van der Waals surface area contributed by atoms with Gasteiger partial charge in [-0.15, -0.1) is 0 Å². The van der Waals surface area contributed by atoms with Crippen LogP contribution in [0.4, 0.5) is 0 Å². The molecule has 1 atom stereocenters. The third kappa shape index (κ3) is 6.94. The lowest BCUT2D eigenvalue weighted by atomic mass is 9.89. The molecule has 0 fully saturated rings. The molecular weight excluding hydrogens is 406 g/mol. The average molecular weight is 438 g/mol. The molecule has 0 amide bonds. The lowest BCUT2D eigenvalue weighted by Gasteiger charge is -2.19. The van der Waals surface area contributed by atoms with E-state index in [1.807, 2.05) is 63.2 Å². The normalized spacial score (nSPS) is 12.6. The Balaban J connectivity index is 1.71. The number of ether oxygens (including phenoxy) is 1. The summed E-state index contributed by atoms with van der Waals surface area (Å²) in [6.45, 7) is 6.33. The summed E-state index contributed by atoms with van der Waals surface area (Å²) in [5, 5.41) is 0. The van der Waals surface area contributed by atoms with Gasteiger partial charge in [-0.25, -0.2) is 13.1 Å². The van der Waals surface area contributed by atoms with Gasteiger partial charge >= 0.3 is 0 Å². The van der Waals surface area contributed by atoms with Crippen LogP contribution in [0.2, 0.25) is 0 Å². The standard InChI is InChI=1S/C26H31NO3S/c1-20(2)30-25-13-11-23(12-14-25)24(19-22-7-5-4-6-8-22)17-18-27-31(28,29)26-15-9-21(3)10-16-26/h4-16,20,24,27H,17-19H2,1-3H3/t24-/m1/s1. The molecule has 0 aliphatic carbocycles. The molecule has 0 bridgehead atoms. The van der Waals surface area contributed by atoms with Crippen molar-refractivity contribution in [2.24, 2.45) is 0 Å². The summed E-state index contributed by atoms with van der Waals surface area (Å²) in [4.78, 5) is 0.299. The Bertz CT molecular complexity index is 1040. The number of benzene rings is 3. The molecule has 0 unspecified atom stereocenters. The third-order valence-corrected chi connectivity index (χ3v) is 6.64. The quantitative estimate of drug-likeness (QED) is 0.457. The highest BCUT2D eigenvalue weighted by Crippen LogP contribution is 2.26. The highest BCUT2D eigenvalue weighted by molar-refractivity contribution is 7.89. The Morgan fingerprint density at radius 3 is 2.13 bits per heavy atom. The molecule has 164 valence electrons. The van der Waals surface area contributed by atoms with Gasteiger partial charge in [-0.05, 0) is 74.9 Å². The largest absolute Gasteiger partial charge is 0.491 e. The lowest BCUT2D eigenvalue weighted by molar-refractivity contribution is 0.242. The van der Waals surface area contributed by atoms with Gasteiger partial charge in [-0.2, -0.15) is 0 Å². The van der Waals surface area contributed by atoms with E-state index in [4.69, 9.17) is 4.74 Å². The van der Waals surface area contributed by atoms with Gasteiger partial charge in [0.05, 0.1) is 11.0 Å². The van der Waals surface area contributed by atoms with Gasteiger partial charge < -0.3 is 4.74 Å². The minimum Gasteiger partial charge on any atom is -0.491 e. The zero-order valence-electron chi connectivity index (χ0n) is 18.4. The van der Waals surface area contributed by atoms with Crippen LogP contribution in [-0.4, -0.2) is 21.1 Å². The highest BCUT2D eigenvalue weighted by atomic mass is 32.2. The fourth-order valence-corrected chi connectivity index (χ4v) is 4.59. The summed E-state index contributed by atoms with van der Waals surface area (Å²) >= 11 is 0. The molecule has 3 aromatic carbocycles. The summed E-state index contributed by atoms with van der Waals surface area (Å²) in [6.07, 6.45) is 1.67. The smallest absolute Gasteiger partial charge is 0.240 e. The molecule has 0 saturated heterocycles. The molecule has 31 heavy (non-hydrogen) atoms.